The van der Waals surface area contributed by atoms with E-state index >= 15 is 0 Å². The summed E-state index contributed by atoms with van der Waals surface area (Å²) in [5.74, 6) is -1.65. The van der Waals surface area contributed by atoms with Gasteiger partial charge in [0.15, 0.2) is 12.2 Å². The number of carbonyl (C=O) groups is 2. The summed E-state index contributed by atoms with van der Waals surface area (Å²) in [4.78, 5) is 25.3. The van der Waals surface area contributed by atoms with E-state index in [1.165, 1.54) is 0 Å². The van der Waals surface area contributed by atoms with Crippen LogP contribution in [0.25, 0.3) is 0 Å². The SMILES string of the molecule is CN1CC[C@]23c4c5ccc(CO)c4O[C@H]2C(OC(=O)C[C@H](O)C(=O)O)=CC[C@@]3(O)[C@H]1C5.Cl. The number of benzene rings is 1. The number of aliphatic hydroxyl groups excluding tert-OH is 2. The number of ether oxygens (including phenoxy) is 2. The van der Waals surface area contributed by atoms with E-state index in [0.29, 0.717) is 30.7 Å². The largest absolute Gasteiger partial charge is 0.481 e. The van der Waals surface area contributed by atoms with Gasteiger partial charge in [-0.15, -0.1) is 12.4 Å². The second kappa shape index (κ2) is 7.71. The number of aliphatic carboxylic acids is 1. The average Bonchev–Trinajstić information content (AvgIpc) is 3.08. The van der Waals surface area contributed by atoms with E-state index < -0.39 is 41.6 Å². The molecule has 0 radical (unpaired) electrons. The van der Waals surface area contributed by atoms with Crippen molar-refractivity contribution in [3.63, 3.8) is 0 Å². The molecule has 1 fully saturated rings. The second-order valence-electron chi connectivity index (χ2n) is 8.93. The van der Waals surface area contributed by atoms with Crippen LogP contribution < -0.4 is 4.74 Å². The van der Waals surface area contributed by atoms with Gasteiger partial charge < -0.3 is 34.8 Å². The highest BCUT2D eigenvalue weighted by Gasteiger charge is 2.71. The van der Waals surface area contributed by atoms with E-state index in [9.17, 15) is 24.9 Å². The third-order valence-electron chi connectivity index (χ3n) is 7.50. The lowest BCUT2D eigenvalue weighted by molar-refractivity contribution is -0.170. The molecule has 5 rings (SSSR count). The molecule has 174 valence electrons. The highest BCUT2D eigenvalue weighted by molar-refractivity contribution is 5.85. The lowest BCUT2D eigenvalue weighted by Gasteiger charge is -2.61. The molecule has 5 atom stereocenters. The Balaban J connectivity index is 0.00000245. The Morgan fingerprint density at radius 2 is 2.12 bits per heavy atom. The Morgan fingerprint density at radius 3 is 2.81 bits per heavy atom. The summed E-state index contributed by atoms with van der Waals surface area (Å²) in [5.41, 5.74) is 0.545. The summed E-state index contributed by atoms with van der Waals surface area (Å²) in [6.07, 6.45) is -0.236. The first-order chi connectivity index (χ1) is 14.7. The van der Waals surface area contributed by atoms with Crippen molar-refractivity contribution in [2.24, 2.45) is 0 Å². The highest BCUT2D eigenvalue weighted by atomic mass is 35.5. The molecule has 2 aliphatic heterocycles. The van der Waals surface area contributed by atoms with E-state index in [0.717, 1.165) is 11.1 Å². The van der Waals surface area contributed by atoms with Gasteiger partial charge >= 0.3 is 11.9 Å². The second-order valence-corrected chi connectivity index (χ2v) is 8.93. The maximum Gasteiger partial charge on any atom is 0.333 e. The lowest BCUT2D eigenvalue weighted by Crippen LogP contribution is -2.74. The van der Waals surface area contributed by atoms with Crippen LogP contribution in [0.2, 0.25) is 0 Å². The summed E-state index contributed by atoms with van der Waals surface area (Å²) < 4.78 is 11.8. The molecule has 10 heteroatoms. The molecule has 1 spiro atoms. The third kappa shape index (κ3) is 2.85. The monoisotopic (exact) mass is 467 g/mol. The number of aliphatic hydroxyl groups is 3. The Hall–Kier alpha value is -2.17. The van der Waals surface area contributed by atoms with Gasteiger partial charge in [-0.1, -0.05) is 12.1 Å². The Labute approximate surface area is 190 Å². The molecule has 0 unspecified atom stereocenters. The molecule has 4 aliphatic rings. The molecule has 0 amide bonds. The smallest absolute Gasteiger partial charge is 0.333 e. The van der Waals surface area contributed by atoms with Gasteiger partial charge in [0.25, 0.3) is 0 Å². The van der Waals surface area contributed by atoms with Crippen molar-refractivity contribution < 1.29 is 39.5 Å². The van der Waals surface area contributed by atoms with Crippen LogP contribution in [0.3, 0.4) is 0 Å². The summed E-state index contributed by atoms with van der Waals surface area (Å²) in [7, 11) is 1.99. The lowest BCUT2D eigenvalue weighted by atomic mass is 9.50. The number of carbonyl (C=O) groups excluding carboxylic acids is 1. The van der Waals surface area contributed by atoms with Crippen LogP contribution in [0.4, 0.5) is 0 Å². The first-order valence-corrected chi connectivity index (χ1v) is 10.4. The van der Waals surface area contributed by atoms with Crippen molar-refractivity contribution in [3.05, 3.63) is 40.7 Å². The molecule has 2 heterocycles. The van der Waals surface area contributed by atoms with Crippen molar-refractivity contribution in [3.8, 4) is 5.75 Å². The minimum absolute atomic E-state index is 0. The maximum atomic E-state index is 12.3. The molecule has 9 nitrogen and oxygen atoms in total. The topological polar surface area (TPSA) is 137 Å². The van der Waals surface area contributed by atoms with Crippen LogP contribution in [-0.4, -0.2) is 74.7 Å². The fourth-order valence-electron chi connectivity index (χ4n) is 6.05. The van der Waals surface area contributed by atoms with E-state index in [1.54, 1.807) is 6.08 Å². The number of hydrogen-bond donors (Lipinski definition) is 4. The summed E-state index contributed by atoms with van der Waals surface area (Å²) in [5, 5.41) is 40.2. The van der Waals surface area contributed by atoms with Crippen LogP contribution in [0.5, 0.6) is 5.75 Å². The number of rotatable bonds is 5. The van der Waals surface area contributed by atoms with Crippen molar-refractivity contribution in [1.29, 1.82) is 0 Å². The predicted octanol–water partition coefficient (Wildman–Crippen LogP) is 0.257. The van der Waals surface area contributed by atoms with Crippen LogP contribution in [0.15, 0.2) is 24.0 Å². The molecule has 32 heavy (non-hydrogen) atoms. The number of carboxylic acid groups (broad SMARTS) is 1. The Morgan fingerprint density at radius 1 is 1.38 bits per heavy atom. The average molecular weight is 468 g/mol. The van der Waals surface area contributed by atoms with Gasteiger partial charge in [0.2, 0.25) is 0 Å². The molecular weight excluding hydrogens is 442 g/mol. The fourth-order valence-corrected chi connectivity index (χ4v) is 6.05. The number of nitrogens with zero attached hydrogens (tertiary/aromatic N) is 1. The summed E-state index contributed by atoms with van der Waals surface area (Å²) in [6, 6.07) is 3.64. The number of halogens is 1. The fraction of sp³-hybridized carbons (Fsp3) is 0.545. The quantitative estimate of drug-likeness (QED) is 0.449. The molecule has 0 saturated carbocycles. The molecular formula is C22H26ClNO8. The van der Waals surface area contributed by atoms with Crippen molar-refractivity contribution >= 4 is 24.3 Å². The minimum atomic E-state index is -1.86. The van der Waals surface area contributed by atoms with Gasteiger partial charge in [-0.2, -0.15) is 0 Å². The van der Waals surface area contributed by atoms with Gasteiger partial charge in [0, 0.05) is 23.6 Å². The maximum absolute atomic E-state index is 12.3. The number of hydrogen-bond acceptors (Lipinski definition) is 8. The van der Waals surface area contributed by atoms with E-state index in [-0.39, 0.29) is 37.2 Å². The number of likely N-dealkylation sites (tertiary alicyclic amines) is 1. The Bertz CT molecular complexity index is 1010. The normalized spacial score (nSPS) is 32.7. The summed E-state index contributed by atoms with van der Waals surface area (Å²) in [6.45, 7) is 0.491. The zero-order chi connectivity index (χ0) is 22.1. The molecule has 1 aromatic rings. The third-order valence-corrected chi connectivity index (χ3v) is 7.50. The molecule has 2 aliphatic carbocycles. The number of piperidine rings is 1. The molecule has 2 bridgehead atoms. The van der Waals surface area contributed by atoms with E-state index in [4.69, 9.17) is 14.6 Å². The van der Waals surface area contributed by atoms with Crippen LogP contribution in [0, 0.1) is 0 Å². The van der Waals surface area contributed by atoms with Crippen LogP contribution >= 0.6 is 12.4 Å². The first-order valence-electron chi connectivity index (χ1n) is 10.4. The number of carboxylic acids is 1. The van der Waals surface area contributed by atoms with Gasteiger partial charge in [-0.05, 0) is 38.1 Å². The van der Waals surface area contributed by atoms with Crippen molar-refractivity contribution in [2.75, 3.05) is 13.6 Å². The highest BCUT2D eigenvalue weighted by Crippen LogP contribution is 2.64. The predicted molar refractivity (Wildman–Crippen MR) is 112 cm³/mol. The minimum Gasteiger partial charge on any atom is -0.481 e. The summed E-state index contributed by atoms with van der Waals surface area (Å²) >= 11 is 0. The molecule has 4 N–H and O–H groups in total. The molecule has 1 saturated heterocycles. The first kappa shape index (κ1) is 23.0. The van der Waals surface area contributed by atoms with Gasteiger partial charge in [-0.25, -0.2) is 4.79 Å². The van der Waals surface area contributed by atoms with Crippen molar-refractivity contribution in [2.45, 2.75) is 61.6 Å². The zero-order valence-corrected chi connectivity index (χ0v) is 18.3. The molecule has 0 aromatic heterocycles. The van der Waals surface area contributed by atoms with Crippen LogP contribution in [-0.2, 0) is 32.8 Å². The zero-order valence-electron chi connectivity index (χ0n) is 17.5. The van der Waals surface area contributed by atoms with Gasteiger partial charge in [0.05, 0.1) is 24.0 Å². The van der Waals surface area contributed by atoms with Crippen molar-refractivity contribution in [1.82, 2.24) is 4.90 Å². The molecule has 1 aromatic carbocycles. The van der Waals surface area contributed by atoms with Gasteiger partial charge in [0.1, 0.15) is 11.5 Å². The van der Waals surface area contributed by atoms with Crippen LogP contribution in [0.1, 0.15) is 36.0 Å². The van der Waals surface area contributed by atoms with Gasteiger partial charge in [-0.3, -0.25) is 4.79 Å². The van der Waals surface area contributed by atoms with E-state index in [1.807, 2.05) is 19.2 Å². The number of likely N-dealkylation sites (N-methyl/N-ethyl adjacent to an activating group) is 1. The number of esters is 1. The Kier molecular flexibility index (Phi) is 5.54. The van der Waals surface area contributed by atoms with E-state index in [2.05, 4.69) is 4.90 Å². The standard InChI is InChI=1S/C22H25NO8.ClH/c1-23-7-6-21-17-11-2-3-12(10-24)18(17)31-19(21)14(4-5-22(21,29)15(23)8-11)30-16(26)9-13(25)20(27)28;/h2-4,13,15,19,24-25,29H,5-10H2,1H3,(H,27,28);1H/t13-,15+,19-,21-,22+;/m0./s1.